The molecular weight excluding hydrogens is 192 g/mol. The van der Waals surface area contributed by atoms with E-state index < -0.39 is 5.97 Å². The molecule has 0 unspecified atom stereocenters. The van der Waals surface area contributed by atoms with Crippen LogP contribution in [0.25, 0.3) is 6.08 Å². The second-order valence-corrected chi connectivity index (χ2v) is 2.65. The van der Waals surface area contributed by atoms with Gasteiger partial charge in [-0.2, -0.15) is 0 Å². The molecule has 0 spiro atoms. The highest BCUT2D eigenvalue weighted by Crippen LogP contribution is 2.00. The van der Waals surface area contributed by atoms with Crippen LogP contribution in [0.15, 0.2) is 48.7 Å². The summed E-state index contributed by atoms with van der Waals surface area (Å²) in [7, 11) is 0. The van der Waals surface area contributed by atoms with Crippen molar-refractivity contribution < 1.29 is 14.3 Å². The molecule has 1 aromatic carbocycles. The smallest absolute Gasteiger partial charge is 0.335 e. The maximum atomic E-state index is 11.0. The molecule has 0 aliphatic carbocycles. The Morgan fingerprint density at radius 3 is 2.60 bits per heavy atom. The molecule has 0 saturated carbocycles. The zero-order chi connectivity index (χ0) is 10.9. The predicted molar refractivity (Wildman–Crippen MR) is 56.8 cm³/mol. The van der Waals surface area contributed by atoms with Crippen LogP contribution in [0, 0.1) is 0 Å². The number of allylic oxidation sites excluding steroid dienone is 1. The third-order valence-electron chi connectivity index (χ3n) is 1.55. The Kier molecular flexibility index (Phi) is 4.60. The molecule has 0 aromatic heterocycles. The zero-order valence-electron chi connectivity index (χ0n) is 8.00. The topological polar surface area (TPSA) is 43.4 Å². The zero-order valence-corrected chi connectivity index (χ0v) is 8.00. The summed E-state index contributed by atoms with van der Waals surface area (Å²) >= 11 is 0. The van der Waals surface area contributed by atoms with Crippen LogP contribution >= 0.6 is 0 Å². The predicted octanol–water partition coefficient (Wildman–Crippen LogP) is 1.96. The molecule has 0 bridgehead atoms. The van der Waals surface area contributed by atoms with Crippen LogP contribution in [0.2, 0.25) is 0 Å². The second-order valence-electron chi connectivity index (χ2n) is 2.65. The molecule has 0 amide bonds. The molecule has 15 heavy (non-hydrogen) atoms. The highest BCUT2D eigenvalue weighted by molar-refractivity contribution is 5.87. The molecule has 1 aromatic rings. The quantitative estimate of drug-likeness (QED) is 0.324. The van der Waals surface area contributed by atoms with E-state index in [9.17, 15) is 9.59 Å². The minimum atomic E-state index is -0.517. The van der Waals surface area contributed by atoms with Gasteiger partial charge in [-0.1, -0.05) is 30.3 Å². The van der Waals surface area contributed by atoms with Crippen LogP contribution in [-0.4, -0.2) is 12.3 Å². The lowest BCUT2D eigenvalue weighted by Crippen LogP contribution is -1.93. The van der Waals surface area contributed by atoms with Gasteiger partial charge in [0.2, 0.25) is 0 Å². The fourth-order valence-corrected chi connectivity index (χ4v) is 0.906. The Morgan fingerprint density at radius 1 is 1.20 bits per heavy atom. The summed E-state index contributed by atoms with van der Waals surface area (Å²) in [5.41, 5.74) is 0.911. The largest absolute Gasteiger partial charge is 0.431 e. The van der Waals surface area contributed by atoms with Crippen molar-refractivity contribution >= 4 is 18.3 Å². The first-order chi connectivity index (χ1) is 7.33. The highest BCUT2D eigenvalue weighted by Gasteiger charge is 1.92. The number of carbonyl (C=O) groups is 2. The Labute approximate surface area is 87.7 Å². The number of carbonyl (C=O) groups excluding carboxylic acids is 2. The average Bonchev–Trinajstić information content (AvgIpc) is 2.28. The molecule has 3 nitrogen and oxygen atoms in total. The Balaban J connectivity index is 2.48. The van der Waals surface area contributed by atoms with Crippen LogP contribution in [0.3, 0.4) is 0 Å². The molecule has 1 rings (SSSR count). The highest BCUT2D eigenvalue weighted by atomic mass is 16.5. The maximum absolute atomic E-state index is 11.0. The molecule has 0 aliphatic rings. The van der Waals surface area contributed by atoms with E-state index in [0.717, 1.165) is 17.9 Å². The van der Waals surface area contributed by atoms with Gasteiger partial charge in [0.15, 0.2) is 0 Å². The normalized spacial score (nSPS) is 10.7. The lowest BCUT2D eigenvalue weighted by atomic mass is 10.2. The first kappa shape index (κ1) is 10.9. The molecule has 76 valence electrons. The van der Waals surface area contributed by atoms with Crippen molar-refractivity contribution in [1.82, 2.24) is 0 Å². The Hall–Kier alpha value is -2.16. The molecule has 0 atom stereocenters. The van der Waals surface area contributed by atoms with E-state index in [2.05, 4.69) is 4.74 Å². The van der Waals surface area contributed by atoms with Crippen molar-refractivity contribution in [2.45, 2.75) is 0 Å². The third-order valence-corrected chi connectivity index (χ3v) is 1.55. The second kappa shape index (κ2) is 6.32. The van der Waals surface area contributed by atoms with Gasteiger partial charge >= 0.3 is 5.97 Å². The van der Waals surface area contributed by atoms with Crippen molar-refractivity contribution in [3.63, 3.8) is 0 Å². The summed E-state index contributed by atoms with van der Waals surface area (Å²) in [6.45, 7) is 0. The van der Waals surface area contributed by atoms with Gasteiger partial charge < -0.3 is 4.74 Å². The van der Waals surface area contributed by atoms with Crippen molar-refractivity contribution in [2.24, 2.45) is 0 Å². The summed E-state index contributed by atoms with van der Waals surface area (Å²) in [5, 5.41) is 0. The number of benzene rings is 1. The van der Waals surface area contributed by atoms with Crippen LogP contribution in [0.1, 0.15) is 5.56 Å². The summed E-state index contributed by atoms with van der Waals surface area (Å²) in [4.78, 5) is 20.9. The Bertz CT molecular complexity index is 377. The van der Waals surface area contributed by atoms with Crippen LogP contribution < -0.4 is 0 Å². The van der Waals surface area contributed by atoms with Crippen LogP contribution in [0.4, 0.5) is 0 Å². The number of rotatable bonds is 4. The fourth-order valence-electron chi connectivity index (χ4n) is 0.906. The van der Waals surface area contributed by atoms with E-state index in [-0.39, 0.29) is 0 Å². The molecule has 0 fully saturated rings. The molecule has 3 heteroatoms. The van der Waals surface area contributed by atoms with E-state index in [1.807, 2.05) is 30.3 Å². The minimum absolute atomic E-state index is 0.517. The van der Waals surface area contributed by atoms with Crippen LogP contribution in [0.5, 0.6) is 0 Å². The molecular formula is C12H10O3. The van der Waals surface area contributed by atoms with Crippen molar-refractivity contribution in [3.05, 3.63) is 54.3 Å². The van der Waals surface area contributed by atoms with Crippen molar-refractivity contribution in [3.8, 4) is 0 Å². The first-order valence-corrected chi connectivity index (χ1v) is 4.37. The molecule has 0 saturated heterocycles. The summed E-state index contributed by atoms with van der Waals surface area (Å²) in [5.74, 6) is -0.517. The molecule has 0 radical (unpaired) electrons. The number of aldehydes is 1. The lowest BCUT2D eigenvalue weighted by molar-refractivity contribution is -0.132. The summed E-state index contributed by atoms with van der Waals surface area (Å²) in [6.07, 6.45) is 5.62. The van der Waals surface area contributed by atoms with Gasteiger partial charge in [-0.05, 0) is 11.6 Å². The SMILES string of the molecule is O=C/C=C/OC(=O)/C=C/c1ccccc1. The molecule has 0 heterocycles. The standard InChI is InChI=1S/C12H10O3/c13-9-4-10-15-12(14)8-7-11-5-2-1-3-6-11/h1-10H/b8-7+,10-4+. The summed E-state index contributed by atoms with van der Waals surface area (Å²) in [6, 6.07) is 9.37. The average molecular weight is 202 g/mol. The van der Waals surface area contributed by atoms with Gasteiger partial charge in [0.25, 0.3) is 0 Å². The van der Waals surface area contributed by atoms with E-state index in [4.69, 9.17) is 0 Å². The number of hydrogen-bond donors (Lipinski definition) is 0. The monoisotopic (exact) mass is 202 g/mol. The molecule has 0 aliphatic heterocycles. The van der Waals surface area contributed by atoms with Gasteiger partial charge in [0, 0.05) is 12.2 Å². The van der Waals surface area contributed by atoms with Gasteiger partial charge in [-0.25, -0.2) is 4.79 Å². The van der Waals surface area contributed by atoms with Crippen LogP contribution in [-0.2, 0) is 14.3 Å². The fraction of sp³-hybridized carbons (Fsp3) is 0. The van der Waals surface area contributed by atoms with Gasteiger partial charge in [0.05, 0.1) is 6.26 Å². The third kappa shape index (κ3) is 4.57. The van der Waals surface area contributed by atoms with E-state index >= 15 is 0 Å². The van der Waals surface area contributed by atoms with Crippen molar-refractivity contribution in [2.75, 3.05) is 0 Å². The number of hydrogen-bond acceptors (Lipinski definition) is 3. The summed E-state index contributed by atoms with van der Waals surface area (Å²) < 4.78 is 4.57. The maximum Gasteiger partial charge on any atom is 0.335 e. The van der Waals surface area contributed by atoms with E-state index in [1.165, 1.54) is 6.08 Å². The lowest BCUT2D eigenvalue weighted by Gasteiger charge is -1.92. The van der Waals surface area contributed by atoms with Gasteiger partial charge in [-0.3, -0.25) is 4.79 Å². The van der Waals surface area contributed by atoms with Gasteiger partial charge in [-0.15, -0.1) is 0 Å². The molecule has 0 N–H and O–H groups in total. The Morgan fingerprint density at radius 2 is 1.93 bits per heavy atom. The van der Waals surface area contributed by atoms with E-state index in [1.54, 1.807) is 6.08 Å². The number of esters is 1. The van der Waals surface area contributed by atoms with Crippen molar-refractivity contribution in [1.29, 1.82) is 0 Å². The first-order valence-electron chi connectivity index (χ1n) is 4.37. The van der Waals surface area contributed by atoms with E-state index in [0.29, 0.717) is 6.29 Å². The van der Waals surface area contributed by atoms with Gasteiger partial charge in [0.1, 0.15) is 6.29 Å². The minimum Gasteiger partial charge on any atom is -0.431 e. The number of ether oxygens (including phenoxy) is 1.